The Labute approximate surface area is 122 Å². The van der Waals surface area contributed by atoms with Crippen LogP contribution in [-0.2, 0) is 6.54 Å². The van der Waals surface area contributed by atoms with Crippen molar-refractivity contribution in [2.24, 2.45) is 0 Å². The van der Waals surface area contributed by atoms with E-state index in [0.717, 1.165) is 21.1 Å². The number of hydrogen-bond acceptors (Lipinski definition) is 1. The summed E-state index contributed by atoms with van der Waals surface area (Å²) in [5.41, 5.74) is 0.864. The summed E-state index contributed by atoms with van der Waals surface area (Å²) in [6.45, 7) is 7.92. The van der Waals surface area contributed by atoms with Crippen molar-refractivity contribution in [1.82, 2.24) is 4.90 Å². The number of benzene rings is 1. The number of hydrogen-bond donors (Lipinski definition) is 0. The Bertz CT molecular complexity index is 419. The topological polar surface area (TPSA) is 3.24 Å². The fraction of sp³-hybridized carbons (Fsp3) is 0.538. The van der Waals surface area contributed by atoms with E-state index in [0.29, 0.717) is 0 Å². The molecule has 1 aromatic carbocycles. The molecule has 0 N–H and O–H groups in total. The lowest BCUT2D eigenvalue weighted by molar-refractivity contribution is -0.953. The van der Waals surface area contributed by atoms with Crippen molar-refractivity contribution in [1.29, 1.82) is 0 Å². The Morgan fingerprint density at radius 1 is 1.17 bits per heavy atom. The number of nitrogens with zero attached hydrogens (tertiary/aromatic N) is 2. The molecule has 18 heavy (non-hydrogen) atoms. The largest absolute Gasteiger partial charge is 1.00 e. The summed E-state index contributed by atoms with van der Waals surface area (Å²) in [4.78, 5) is 2.51. The van der Waals surface area contributed by atoms with Gasteiger partial charge in [0.25, 0.3) is 0 Å². The SMILES string of the molecule is Fc1cc(Br)ccc1C[N+]12CCN(CC1)CC2.[Cl-]. The van der Waals surface area contributed by atoms with Gasteiger partial charge in [0.1, 0.15) is 12.4 Å². The van der Waals surface area contributed by atoms with Crippen molar-refractivity contribution in [3.63, 3.8) is 0 Å². The van der Waals surface area contributed by atoms with Gasteiger partial charge in [0.2, 0.25) is 0 Å². The zero-order valence-corrected chi connectivity index (χ0v) is 12.6. The van der Waals surface area contributed by atoms with Crippen LogP contribution in [0.15, 0.2) is 22.7 Å². The lowest BCUT2D eigenvalue weighted by Gasteiger charge is -2.50. The number of fused-ring (bicyclic) bond motifs is 3. The zero-order valence-electron chi connectivity index (χ0n) is 10.2. The van der Waals surface area contributed by atoms with E-state index in [9.17, 15) is 4.39 Å². The first kappa shape index (κ1) is 14.3. The zero-order chi connectivity index (χ0) is 11.9. The normalized spacial score (nSPS) is 30.0. The minimum Gasteiger partial charge on any atom is -1.00 e. The molecule has 0 atom stereocenters. The molecule has 2 nitrogen and oxygen atoms in total. The second-order valence-electron chi connectivity index (χ2n) is 5.25. The van der Waals surface area contributed by atoms with E-state index >= 15 is 0 Å². The van der Waals surface area contributed by atoms with Crippen LogP contribution >= 0.6 is 15.9 Å². The second kappa shape index (κ2) is 5.45. The molecule has 3 aliphatic heterocycles. The van der Waals surface area contributed by atoms with Gasteiger partial charge in [0.05, 0.1) is 19.6 Å². The molecule has 0 aliphatic carbocycles. The highest BCUT2D eigenvalue weighted by molar-refractivity contribution is 9.10. The number of quaternary nitrogens is 1. The second-order valence-corrected chi connectivity index (χ2v) is 6.16. The van der Waals surface area contributed by atoms with Crippen molar-refractivity contribution in [3.05, 3.63) is 34.1 Å². The fourth-order valence-electron chi connectivity index (χ4n) is 2.98. The van der Waals surface area contributed by atoms with Gasteiger partial charge in [-0.25, -0.2) is 4.39 Å². The average Bonchev–Trinajstić information content (AvgIpc) is 2.35. The number of piperazine rings is 3. The lowest BCUT2D eigenvalue weighted by atomic mass is 10.1. The molecule has 3 fully saturated rings. The molecule has 3 heterocycles. The van der Waals surface area contributed by atoms with Crippen LogP contribution in [0.4, 0.5) is 4.39 Å². The van der Waals surface area contributed by atoms with Crippen LogP contribution in [0.1, 0.15) is 5.56 Å². The van der Waals surface area contributed by atoms with Crippen LogP contribution in [-0.4, -0.2) is 48.7 Å². The quantitative estimate of drug-likeness (QED) is 0.642. The lowest BCUT2D eigenvalue weighted by Crippen LogP contribution is -3.00. The molecule has 0 amide bonds. The van der Waals surface area contributed by atoms with Crippen LogP contribution in [0.25, 0.3) is 0 Å². The maximum Gasteiger partial charge on any atom is 0.133 e. The van der Waals surface area contributed by atoms with Gasteiger partial charge in [-0.3, -0.25) is 4.90 Å². The Morgan fingerprint density at radius 2 is 1.78 bits per heavy atom. The third kappa shape index (κ3) is 2.72. The van der Waals surface area contributed by atoms with E-state index < -0.39 is 0 Å². The smallest absolute Gasteiger partial charge is 0.133 e. The third-order valence-corrected chi connectivity index (χ3v) is 4.69. The van der Waals surface area contributed by atoms with Crippen molar-refractivity contribution < 1.29 is 21.3 Å². The summed E-state index contributed by atoms with van der Waals surface area (Å²) in [7, 11) is 0. The Hall–Kier alpha value is -0.160. The highest BCUT2D eigenvalue weighted by Gasteiger charge is 2.38. The van der Waals surface area contributed by atoms with Crippen molar-refractivity contribution in [2.75, 3.05) is 39.3 Å². The standard InChI is InChI=1S/C13H17BrFN2.ClH/c14-12-2-1-11(13(15)9-12)10-17-6-3-16(4-7-17)5-8-17;/h1-2,9H,3-8,10H2;1H/q+1;/p-1. The Kier molecular flexibility index (Phi) is 4.32. The molecule has 5 heteroatoms. The van der Waals surface area contributed by atoms with Crippen molar-refractivity contribution >= 4 is 15.9 Å². The van der Waals surface area contributed by atoms with Gasteiger partial charge in [-0.15, -0.1) is 0 Å². The molecule has 0 aromatic heterocycles. The Morgan fingerprint density at radius 3 is 2.33 bits per heavy atom. The summed E-state index contributed by atoms with van der Waals surface area (Å²) < 4.78 is 15.8. The monoisotopic (exact) mass is 334 g/mol. The van der Waals surface area contributed by atoms with Crippen LogP contribution in [0, 0.1) is 5.82 Å². The summed E-state index contributed by atoms with van der Waals surface area (Å²) >= 11 is 3.31. The third-order valence-electron chi connectivity index (χ3n) is 4.19. The molecule has 2 bridgehead atoms. The molecule has 100 valence electrons. The summed E-state index contributed by atoms with van der Waals surface area (Å²) in [6, 6.07) is 5.44. The molecular weight excluding hydrogens is 319 g/mol. The van der Waals surface area contributed by atoms with Crippen LogP contribution in [0.2, 0.25) is 0 Å². The van der Waals surface area contributed by atoms with Gasteiger partial charge >= 0.3 is 0 Å². The maximum atomic E-state index is 13.9. The number of halogens is 3. The maximum absolute atomic E-state index is 13.9. The highest BCUT2D eigenvalue weighted by atomic mass is 79.9. The molecular formula is C13H17BrClFN2. The van der Waals surface area contributed by atoms with E-state index in [1.54, 1.807) is 6.07 Å². The first-order chi connectivity index (χ1) is 8.17. The predicted octanol–water partition coefficient (Wildman–Crippen LogP) is -0.762. The molecule has 0 unspecified atom stereocenters. The molecule has 0 spiro atoms. The van der Waals surface area contributed by atoms with E-state index in [1.807, 2.05) is 12.1 Å². The Balaban J connectivity index is 0.00000120. The van der Waals surface area contributed by atoms with Crippen LogP contribution < -0.4 is 12.4 Å². The molecule has 3 saturated heterocycles. The van der Waals surface area contributed by atoms with Gasteiger partial charge in [0.15, 0.2) is 0 Å². The molecule has 3 aliphatic rings. The molecule has 0 saturated carbocycles. The average molecular weight is 336 g/mol. The number of rotatable bonds is 2. The van der Waals surface area contributed by atoms with Gasteiger partial charge in [0, 0.05) is 29.7 Å². The molecule has 4 rings (SSSR count). The molecule has 1 aromatic rings. The van der Waals surface area contributed by atoms with Crippen molar-refractivity contribution in [2.45, 2.75) is 6.54 Å². The van der Waals surface area contributed by atoms with E-state index in [4.69, 9.17) is 0 Å². The van der Waals surface area contributed by atoms with Crippen LogP contribution in [0.5, 0.6) is 0 Å². The minimum absolute atomic E-state index is 0. The van der Waals surface area contributed by atoms with Gasteiger partial charge in [-0.1, -0.05) is 15.9 Å². The fourth-order valence-corrected chi connectivity index (χ4v) is 3.31. The summed E-state index contributed by atoms with van der Waals surface area (Å²) in [5, 5.41) is 0. The summed E-state index contributed by atoms with van der Waals surface area (Å²) in [6.07, 6.45) is 0. The summed E-state index contributed by atoms with van der Waals surface area (Å²) in [5.74, 6) is -0.0696. The molecule has 0 radical (unpaired) electrons. The van der Waals surface area contributed by atoms with E-state index in [2.05, 4.69) is 20.8 Å². The first-order valence-electron chi connectivity index (χ1n) is 6.18. The van der Waals surface area contributed by atoms with Crippen LogP contribution in [0.3, 0.4) is 0 Å². The van der Waals surface area contributed by atoms with E-state index in [-0.39, 0.29) is 18.2 Å². The van der Waals surface area contributed by atoms with Gasteiger partial charge in [-0.05, 0) is 18.2 Å². The minimum atomic E-state index is -0.0696. The van der Waals surface area contributed by atoms with E-state index in [1.165, 1.54) is 39.3 Å². The first-order valence-corrected chi connectivity index (χ1v) is 6.98. The van der Waals surface area contributed by atoms with Gasteiger partial charge < -0.3 is 16.9 Å². The predicted molar refractivity (Wildman–Crippen MR) is 69.1 cm³/mol. The van der Waals surface area contributed by atoms with Gasteiger partial charge in [-0.2, -0.15) is 0 Å². The highest BCUT2D eigenvalue weighted by Crippen LogP contribution is 2.25. The van der Waals surface area contributed by atoms with Crippen molar-refractivity contribution in [3.8, 4) is 0 Å².